The van der Waals surface area contributed by atoms with E-state index >= 15 is 0 Å². The molecule has 1 heterocycles. The van der Waals surface area contributed by atoms with Crippen molar-refractivity contribution in [1.29, 1.82) is 0 Å². The van der Waals surface area contributed by atoms with Crippen molar-refractivity contribution in [3.63, 3.8) is 0 Å². The van der Waals surface area contributed by atoms with Crippen LogP contribution in [0.15, 0.2) is 31.1 Å². The fraction of sp³-hybridized carbons (Fsp3) is 0. The summed E-state index contributed by atoms with van der Waals surface area (Å²) in [6, 6.07) is 0. The molecular weight excluding hydrogens is 200 g/mol. The molecule has 0 nitrogen and oxygen atoms in total. The third-order valence-electron chi connectivity index (χ3n) is 0.775. The summed E-state index contributed by atoms with van der Waals surface area (Å²) in [7, 11) is 0. The van der Waals surface area contributed by atoms with Crippen LogP contribution in [0, 0.1) is 0 Å². The third kappa shape index (κ3) is 1.19. The van der Waals surface area contributed by atoms with Crippen LogP contribution >= 0.6 is 0 Å². The van der Waals surface area contributed by atoms with Crippen molar-refractivity contribution in [1.82, 2.24) is 0 Å². The van der Waals surface area contributed by atoms with Crippen LogP contribution in [-0.4, -0.2) is 19.6 Å². The molecule has 1 aliphatic rings. The molecule has 1 aliphatic heterocycles. The molecule has 1 radical (unpaired) electrons. The van der Waals surface area contributed by atoms with E-state index in [2.05, 4.69) is 31.1 Å². The second kappa shape index (κ2) is 2.35. The van der Waals surface area contributed by atoms with Gasteiger partial charge in [0.15, 0.2) is 0 Å². The van der Waals surface area contributed by atoms with Crippen LogP contribution in [0.5, 0.6) is 0 Å². The maximum atomic E-state index is 3.72. The van der Waals surface area contributed by atoms with Gasteiger partial charge >= 0.3 is 50.7 Å². The van der Waals surface area contributed by atoms with Gasteiger partial charge in [-0.2, -0.15) is 0 Å². The van der Waals surface area contributed by atoms with Gasteiger partial charge in [0.05, 0.1) is 0 Å². The SMILES string of the molecule is C=C[Te]1C=CC=C1. The molecule has 0 saturated carbocycles. The van der Waals surface area contributed by atoms with Crippen LogP contribution in [0.3, 0.4) is 0 Å². The van der Waals surface area contributed by atoms with Crippen molar-refractivity contribution in [2.24, 2.45) is 0 Å². The maximum absolute atomic E-state index is 3.72. The Kier molecular flexibility index (Phi) is 1.73. The summed E-state index contributed by atoms with van der Waals surface area (Å²) >= 11 is -0.917. The fourth-order valence-corrected chi connectivity index (χ4v) is 2.88. The summed E-state index contributed by atoms with van der Waals surface area (Å²) in [5.74, 6) is 0. The second-order valence-electron chi connectivity index (χ2n) is 1.23. The summed E-state index contributed by atoms with van der Waals surface area (Å²) in [5.41, 5.74) is 0. The van der Waals surface area contributed by atoms with Crippen LogP contribution in [0.25, 0.3) is 0 Å². The van der Waals surface area contributed by atoms with Crippen molar-refractivity contribution in [2.75, 3.05) is 0 Å². The molecule has 1 rings (SSSR count). The van der Waals surface area contributed by atoms with Crippen molar-refractivity contribution >= 4 is 19.6 Å². The summed E-state index contributed by atoms with van der Waals surface area (Å²) in [6.45, 7) is 3.72. The van der Waals surface area contributed by atoms with E-state index in [4.69, 9.17) is 0 Å². The van der Waals surface area contributed by atoms with Gasteiger partial charge in [-0.3, -0.25) is 0 Å². The first-order valence-corrected chi connectivity index (χ1v) is 6.15. The molecule has 0 aromatic rings. The number of rotatable bonds is 1. The fourth-order valence-electron chi connectivity index (χ4n) is 0.429. The molecular formula is C6H7Te. The van der Waals surface area contributed by atoms with Gasteiger partial charge in [-0.1, -0.05) is 0 Å². The number of hydrogen-bond donors (Lipinski definition) is 0. The molecule has 0 N–H and O–H groups in total. The Bertz CT molecular complexity index is 110. The molecule has 7 heavy (non-hydrogen) atoms. The molecule has 0 saturated heterocycles. The van der Waals surface area contributed by atoms with Crippen molar-refractivity contribution in [3.05, 3.63) is 31.1 Å². The minimum absolute atomic E-state index is 0.917. The first-order chi connectivity index (χ1) is 3.43. The molecule has 37 valence electrons. The summed E-state index contributed by atoms with van der Waals surface area (Å²) in [5, 5.41) is 0. The molecule has 0 unspecified atom stereocenters. The van der Waals surface area contributed by atoms with Crippen LogP contribution in [0.1, 0.15) is 0 Å². The third-order valence-corrected chi connectivity index (χ3v) is 4.56. The molecule has 0 aromatic carbocycles. The summed E-state index contributed by atoms with van der Waals surface area (Å²) in [4.78, 5) is 0. The van der Waals surface area contributed by atoms with Gasteiger partial charge in [0.25, 0.3) is 0 Å². The molecule has 0 aliphatic carbocycles. The first kappa shape index (κ1) is 5.15. The van der Waals surface area contributed by atoms with Gasteiger partial charge in [-0.05, 0) is 0 Å². The molecule has 0 bridgehead atoms. The Balaban J connectivity index is 2.59. The van der Waals surface area contributed by atoms with Gasteiger partial charge < -0.3 is 0 Å². The van der Waals surface area contributed by atoms with Crippen LogP contribution in [-0.2, 0) is 0 Å². The molecule has 0 atom stereocenters. The average Bonchev–Trinajstić information content (AvgIpc) is 2.14. The van der Waals surface area contributed by atoms with Gasteiger partial charge in [-0.25, -0.2) is 0 Å². The van der Waals surface area contributed by atoms with Gasteiger partial charge in [-0.15, -0.1) is 0 Å². The topological polar surface area (TPSA) is 0 Å². The van der Waals surface area contributed by atoms with Crippen LogP contribution < -0.4 is 0 Å². The number of allylic oxidation sites excluding steroid dienone is 2. The van der Waals surface area contributed by atoms with Crippen molar-refractivity contribution in [2.45, 2.75) is 0 Å². The van der Waals surface area contributed by atoms with Gasteiger partial charge in [0.1, 0.15) is 0 Å². The molecule has 0 fully saturated rings. The Labute approximate surface area is 50.9 Å². The molecule has 0 aromatic heterocycles. The number of hydrogen-bond acceptors (Lipinski definition) is 0. The Morgan fingerprint density at radius 1 is 1.29 bits per heavy atom. The molecule has 0 spiro atoms. The Morgan fingerprint density at radius 3 is 2.14 bits per heavy atom. The van der Waals surface area contributed by atoms with E-state index < -0.39 is 19.6 Å². The monoisotopic (exact) mass is 209 g/mol. The Morgan fingerprint density at radius 2 is 1.86 bits per heavy atom. The van der Waals surface area contributed by atoms with E-state index in [1.165, 1.54) is 0 Å². The zero-order valence-electron chi connectivity index (χ0n) is 4.00. The van der Waals surface area contributed by atoms with E-state index in [0.717, 1.165) is 0 Å². The predicted molar refractivity (Wildman–Crippen MR) is 34.2 cm³/mol. The van der Waals surface area contributed by atoms with E-state index in [0.29, 0.717) is 0 Å². The predicted octanol–water partition coefficient (Wildman–Crippen LogP) is 1.41. The van der Waals surface area contributed by atoms with Crippen LogP contribution in [0.4, 0.5) is 0 Å². The van der Waals surface area contributed by atoms with Crippen molar-refractivity contribution < 1.29 is 0 Å². The zero-order valence-corrected chi connectivity index (χ0v) is 6.33. The van der Waals surface area contributed by atoms with Crippen LogP contribution in [0.2, 0.25) is 0 Å². The summed E-state index contributed by atoms with van der Waals surface area (Å²) in [6.07, 6.45) is 4.22. The quantitative estimate of drug-likeness (QED) is 0.570. The van der Waals surface area contributed by atoms with Gasteiger partial charge in [0.2, 0.25) is 0 Å². The van der Waals surface area contributed by atoms with Gasteiger partial charge in [0, 0.05) is 0 Å². The van der Waals surface area contributed by atoms with E-state index in [-0.39, 0.29) is 0 Å². The molecule has 0 amide bonds. The van der Waals surface area contributed by atoms with E-state index in [1.807, 2.05) is 0 Å². The van der Waals surface area contributed by atoms with E-state index in [1.54, 1.807) is 0 Å². The van der Waals surface area contributed by atoms with E-state index in [9.17, 15) is 0 Å². The zero-order chi connectivity index (χ0) is 5.11. The normalized spacial score (nSPS) is 18.3. The summed E-state index contributed by atoms with van der Waals surface area (Å²) < 4.78 is 6.64. The Hall–Kier alpha value is 0.00961. The average molecular weight is 207 g/mol. The second-order valence-corrected chi connectivity index (χ2v) is 6.07. The molecule has 1 heteroatoms. The van der Waals surface area contributed by atoms with Crippen molar-refractivity contribution in [3.8, 4) is 0 Å². The minimum atomic E-state index is -0.917. The standard InChI is InChI=1S/C6H7Te/c1-2-7-5-3-4-6-7/h2-6H,1H2. The first-order valence-electron chi connectivity index (χ1n) is 2.12.